The van der Waals surface area contributed by atoms with Crippen molar-refractivity contribution in [3.05, 3.63) is 52.2 Å². The average Bonchev–Trinajstić information content (AvgIpc) is 3.13. The minimum Gasteiger partial charge on any atom is -0.508 e. The molecule has 136 valence electrons. The second-order valence-corrected chi connectivity index (χ2v) is 7.09. The maximum absolute atomic E-state index is 10.6. The summed E-state index contributed by atoms with van der Waals surface area (Å²) >= 11 is 1.54. The van der Waals surface area contributed by atoms with Crippen molar-refractivity contribution in [1.82, 2.24) is 10.6 Å². The number of hydrogen-bond acceptors (Lipinski definition) is 4. The first-order chi connectivity index (χ1) is 12.0. The normalized spacial score (nSPS) is 14.1. The van der Waals surface area contributed by atoms with Gasteiger partial charge in [0.1, 0.15) is 11.4 Å². The van der Waals surface area contributed by atoms with Gasteiger partial charge in [0.2, 0.25) is 0 Å². The number of aliphatic imine (C=N–C) groups is 1. The third-order valence-electron chi connectivity index (χ3n) is 3.81. The van der Waals surface area contributed by atoms with Gasteiger partial charge in [-0.1, -0.05) is 18.2 Å². The van der Waals surface area contributed by atoms with E-state index < -0.39 is 5.60 Å². The Morgan fingerprint density at radius 1 is 1.20 bits per heavy atom. The number of phenolic OH excluding ortho intramolecular Hbond substituents is 1. The van der Waals surface area contributed by atoms with Crippen LogP contribution in [-0.2, 0) is 12.0 Å². The van der Waals surface area contributed by atoms with E-state index in [1.807, 2.05) is 36.6 Å². The number of nitrogens with one attached hydrogen (secondary N) is 2. The largest absolute Gasteiger partial charge is 0.508 e. The molecule has 0 aliphatic heterocycles. The lowest BCUT2D eigenvalue weighted by Gasteiger charge is -2.20. The van der Waals surface area contributed by atoms with Crippen LogP contribution < -0.4 is 10.6 Å². The molecule has 0 aliphatic rings. The van der Waals surface area contributed by atoms with Gasteiger partial charge in [0, 0.05) is 18.0 Å². The zero-order valence-corrected chi connectivity index (χ0v) is 15.6. The summed E-state index contributed by atoms with van der Waals surface area (Å²) in [6.07, 6.45) is 1.89. The van der Waals surface area contributed by atoms with Gasteiger partial charge < -0.3 is 20.8 Å². The molecule has 0 saturated carbocycles. The number of nitrogens with zero attached hydrogens (tertiary/aromatic N) is 1. The first kappa shape index (κ1) is 19.3. The van der Waals surface area contributed by atoms with E-state index in [-0.39, 0.29) is 0 Å². The summed E-state index contributed by atoms with van der Waals surface area (Å²) in [6.45, 7) is 5.67. The molecule has 25 heavy (non-hydrogen) atoms. The van der Waals surface area contributed by atoms with Gasteiger partial charge in [-0.05, 0) is 55.8 Å². The fraction of sp³-hybridized carbons (Fsp3) is 0.421. The van der Waals surface area contributed by atoms with Crippen molar-refractivity contribution in [3.8, 4) is 5.75 Å². The average molecular weight is 362 g/mol. The molecule has 1 unspecified atom stereocenters. The number of phenols is 1. The van der Waals surface area contributed by atoms with Crippen LogP contribution in [0, 0.1) is 0 Å². The molecular weight excluding hydrogens is 334 g/mol. The number of rotatable bonds is 8. The molecular formula is C19H27N3O2S. The Balaban J connectivity index is 1.82. The summed E-state index contributed by atoms with van der Waals surface area (Å²) in [7, 11) is 0. The Hall–Kier alpha value is -2.05. The number of hydrogen-bond donors (Lipinski definition) is 4. The van der Waals surface area contributed by atoms with E-state index in [1.165, 1.54) is 16.9 Å². The molecule has 1 aromatic carbocycles. The molecule has 0 aliphatic carbocycles. The van der Waals surface area contributed by atoms with Crippen LogP contribution in [0.3, 0.4) is 0 Å². The van der Waals surface area contributed by atoms with Crippen molar-refractivity contribution in [3.63, 3.8) is 0 Å². The maximum Gasteiger partial charge on any atom is 0.191 e. The third kappa shape index (κ3) is 6.40. The highest BCUT2D eigenvalue weighted by molar-refractivity contribution is 7.10. The van der Waals surface area contributed by atoms with E-state index in [2.05, 4.69) is 15.6 Å². The van der Waals surface area contributed by atoms with Gasteiger partial charge in [-0.3, -0.25) is 0 Å². The molecule has 4 N–H and O–H groups in total. The molecule has 1 aromatic heterocycles. The van der Waals surface area contributed by atoms with Crippen LogP contribution >= 0.6 is 11.3 Å². The Morgan fingerprint density at radius 3 is 2.60 bits per heavy atom. The van der Waals surface area contributed by atoms with Crippen molar-refractivity contribution >= 4 is 17.3 Å². The van der Waals surface area contributed by atoms with Crippen molar-refractivity contribution in [2.75, 3.05) is 19.6 Å². The Bertz CT molecular complexity index is 652. The van der Waals surface area contributed by atoms with E-state index in [0.29, 0.717) is 18.3 Å². The zero-order valence-electron chi connectivity index (χ0n) is 14.8. The molecule has 0 fully saturated rings. The molecule has 2 rings (SSSR count). The quantitative estimate of drug-likeness (QED) is 0.331. The minimum atomic E-state index is -0.956. The number of benzene rings is 1. The standard InChI is InChI=1S/C19H27N3O2S/c1-3-20-18(22-14-19(2,24)17-7-5-13-25-17)21-12-4-6-15-8-10-16(23)11-9-15/h5,7-11,13,23-24H,3-4,6,12,14H2,1-2H3,(H2,20,21,22). The highest BCUT2D eigenvalue weighted by Crippen LogP contribution is 2.25. The Kier molecular flexibility index (Phi) is 7.28. The van der Waals surface area contributed by atoms with E-state index in [0.717, 1.165) is 30.8 Å². The monoisotopic (exact) mass is 361 g/mol. The molecule has 1 heterocycles. The van der Waals surface area contributed by atoms with E-state index >= 15 is 0 Å². The summed E-state index contributed by atoms with van der Waals surface area (Å²) in [5.41, 5.74) is 0.241. The SMILES string of the molecule is CCNC(=NCC(C)(O)c1cccs1)NCCCc1ccc(O)cc1. The van der Waals surface area contributed by atoms with Crippen LogP contribution in [0.15, 0.2) is 46.8 Å². The Labute approximate surface area is 153 Å². The maximum atomic E-state index is 10.6. The number of aliphatic hydroxyl groups is 1. The summed E-state index contributed by atoms with van der Waals surface area (Å²) in [6, 6.07) is 11.2. The lowest BCUT2D eigenvalue weighted by atomic mass is 10.1. The molecule has 1 atom stereocenters. The highest BCUT2D eigenvalue weighted by Gasteiger charge is 2.23. The first-order valence-corrected chi connectivity index (χ1v) is 9.45. The van der Waals surface area contributed by atoms with E-state index in [1.54, 1.807) is 19.1 Å². The lowest BCUT2D eigenvalue weighted by Crippen LogP contribution is -2.39. The second kappa shape index (κ2) is 9.44. The molecule has 0 saturated heterocycles. The zero-order chi connectivity index (χ0) is 18.1. The fourth-order valence-corrected chi connectivity index (χ4v) is 3.18. The summed E-state index contributed by atoms with van der Waals surface area (Å²) in [4.78, 5) is 5.43. The molecule has 6 heteroatoms. The predicted molar refractivity (Wildman–Crippen MR) is 104 cm³/mol. The van der Waals surface area contributed by atoms with Crippen molar-refractivity contribution in [2.24, 2.45) is 4.99 Å². The van der Waals surface area contributed by atoms with Crippen molar-refractivity contribution in [1.29, 1.82) is 0 Å². The second-order valence-electron chi connectivity index (χ2n) is 6.14. The van der Waals surface area contributed by atoms with Crippen molar-refractivity contribution < 1.29 is 10.2 Å². The molecule has 0 radical (unpaired) electrons. The topological polar surface area (TPSA) is 76.9 Å². The lowest BCUT2D eigenvalue weighted by molar-refractivity contribution is 0.0711. The molecule has 0 spiro atoms. The third-order valence-corrected chi connectivity index (χ3v) is 4.94. The fourth-order valence-electron chi connectivity index (χ4n) is 2.40. The van der Waals surface area contributed by atoms with Gasteiger partial charge in [0.05, 0.1) is 6.54 Å². The first-order valence-electron chi connectivity index (χ1n) is 8.57. The van der Waals surface area contributed by atoms with Gasteiger partial charge in [0.15, 0.2) is 5.96 Å². The molecule has 0 bridgehead atoms. The van der Waals surface area contributed by atoms with Gasteiger partial charge in [0.25, 0.3) is 0 Å². The van der Waals surface area contributed by atoms with E-state index in [4.69, 9.17) is 0 Å². The van der Waals surface area contributed by atoms with Gasteiger partial charge in [-0.25, -0.2) is 4.99 Å². The van der Waals surface area contributed by atoms with Crippen LogP contribution in [0.5, 0.6) is 5.75 Å². The molecule has 0 amide bonds. The minimum absolute atomic E-state index is 0.293. The van der Waals surface area contributed by atoms with Gasteiger partial charge >= 0.3 is 0 Å². The smallest absolute Gasteiger partial charge is 0.191 e. The van der Waals surface area contributed by atoms with Gasteiger partial charge in [-0.2, -0.15) is 0 Å². The van der Waals surface area contributed by atoms with Gasteiger partial charge in [-0.15, -0.1) is 11.3 Å². The summed E-state index contributed by atoms with van der Waals surface area (Å²) in [5.74, 6) is 1.01. The van der Waals surface area contributed by atoms with Crippen LogP contribution in [0.25, 0.3) is 0 Å². The predicted octanol–water partition coefficient (Wildman–Crippen LogP) is 2.85. The number of thiophene rings is 1. The number of aromatic hydroxyl groups is 1. The van der Waals surface area contributed by atoms with Crippen LogP contribution in [0.2, 0.25) is 0 Å². The van der Waals surface area contributed by atoms with Crippen LogP contribution in [0.1, 0.15) is 30.7 Å². The molecule has 5 nitrogen and oxygen atoms in total. The van der Waals surface area contributed by atoms with E-state index in [9.17, 15) is 10.2 Å². The summed E-state index contributed by atoms with van der Waals surface area (Å²) < 4.78 is 0. The van der Waals surface area contributed by atoms with Crippen LogP contribution in [-0.4, -0.2) is 35.8 Å². The highest BCUT2D eigenvalue weighted by atomic mass is 32.1. The number of guanidine groups is 1. The molecule has 2 aromatic rings. The number of aryl methyl sites for hydroxylation is 1. The Morgan fingerprint density at radius 2 is 1.96 bits per heavy atom. The van der Waals surface area contributed by atoms with Crippen LogP contribution in [0.4, 0.5) is 0 Å². The summed E-state index contributed by atoms with van der Waals surface area (Å²) in [5, 5.41) is 28.3. The van der Waals surface area contributed by atoms with Crippen molar-refractivity contribution in [2.45, 2.75) is 32.3 Å².